The van der Waals surface area contributed by atoms with Crippen LogP contribution in [0.5, 0.6) is 0 Å². The number of nitrogens with zero attached hydrogens (tertiary/aromatic N) is 2. The quantitative estimate of drug-likeness (QED) is 0.392. The number of hydrogen-bond donors (Lipinski definition) is 0. The highest BCUT2D eigenvalue weighted by Crippen LogP contribution is 2.44. The lowest BCUT2D eigenvalue weighted by atomic mass is 9.70. The topological polar surface area (TPSA) is 38.9 Å². The van der Waals surface area contributed by atoms with Crippen LogP contribution in [0.1, 0.15) is 52.5 Å². The Hall–Kier alpha value is -2.46. The molecule has 0 unspecified atom stereocenters. The van der Waals surface area contributed by atoms with Crippen LogP contribution in [-0.4, -0.2) is 10.1 Å². The van der Waals surface area contributed by atoms with Crippen molar-refractivity contribution in [3.63, 3.8) is 0 Å². The van der Waals surface area contributed by atoms with Gasteiger partial charge in [-0.25, -0.2) is 0 Å². The summed E-state index contributed by atoms with van der Waals surface area (Å²) in [7, 11) is 0. The lowest BCUT2D eigenvalue weighted by Gasteiger charge is -2.35. The van der Waals surface area contributed by atoms with E-state index in [4.69, 9.17) is 4.52 Å². The molecule has 154 valence electrons. The van der Waals surface area contributed by atoms with Gasteiger partial charge in [-0.3, -0.25) is 0 Å². The summed E-state index contributed by atoms with van der Waals surface area (Å²) in [5.41, 5.74) is 7.89. The Morgan fingerprint density at radius 1 is 1.03 bits per heavy atom. The van der Waals surface area contributed by atoms with E-state index in [0.29, 0.717) is 17.1 Å². The van der Waals surface area contributed by atoms with E-state index in [1.165, 1.54) is 23.1 Å². The fraction of sp³-hybridized carbons (Fsp3) is 0.308. The molecule has 4 heteroatoms. The molecule has 1 aliphatic rings. The van der Waals surface area contributed by atoms with Crippen molar-refractivity contribution >= 4 is 22.0 Å². The van der Waals surface area contributed by atoms with Gasteiger partial charge in [-0.05, 0) is 72.6 Å². The van der Waals surface area contributed by atoms with E-state index < -0.39 is 0 Å². The Bertz CT molecular complexity index is 1100. The van der Waals surface area contributed by atoms with E-state index in [-0.39, 0.29) is 0 Å². The average molecular weight is 463 g/mol. The summed E-state index contributed by atoms with van der Waals surface area (Å²) in [6.45, 7) is 9.29. The van der Waals surface area contributed by atoms with Gasteiger partial charge in [0, 0.05) is 15.6 Å². The van der Waals surface area contributed by atoms with Crippen molar-refractivity contribution in [3.8, 4) is 22.8 Å². The smallest absolute Gasteiger partial charge is 0.258 e. The van der Waals surface area contributed by atoms with Crippen molar-refractivity contribution in [1.82, 2.24) is 10.1 Å². The van der Waals surface area contributed by atoms with Gasteiger partial charge in [0.2, 0.25) is 5.82 Å². The molecule has 4 rings (SSSR count). The molecule has 0 radical (unpaired) electrons. The normalized spacial score (nSPS) is 17.6. The maximum absolute atomic E-state index is 5.46. The Morgan fingerprint density at radius 3 is 2.37 bits per heavy atom. The molecular formula is C26H27BrN2O. The third-order valence-corrected chi connectivity index (χ3v) is 6.68. The lowest BCUT2D eigenvalue weighted by Crippen LogP contribution is -2.21. The van der Waals surface area contributed by atoms with E-state index in [1.54, 1.807) is 5.57 Å². The van der Waals surface area contributed by atoms with E-state index in [0.717, 1.165) is 28.4 Å². The summed E-state index contributed by atoms with van der Waals surface area (Å²) < 4.78 is 6.48. The van der Waals surface area contributed by atoms with Crippen molar-refractivity contribution in [1.29, 1.82) is 0 Å². The summed E-state index contributed by atoms with van der Waals surface area (Å²) in [5, 5.41) is 4.16. The Labute approximate surface area is 187 Å². The van der Waals surface area contributed by atoms with Crippen LogP contribution in [0, 0.1) is 5.41 Å². The van der Waals surface area contributed by atoms with E-state index >= 15 is 0 Å². The molecule has 0 bridgehead atoms. The first-order valence-corrected chi connectivity index (χ1v) is 11.3. The van der Waals surface area contributed by atoms with E-state index in [2.05, 4.69) is 84.1 Å². The minimum absolute atomic E-state index is 0.311. The van der Waals surface area contributed by atoms with Crippen LogP contribution in [0.2, 0.25) is 0 Å². The number of allylic oxidation sites excluding steroid dienone is 3. The molecule has 1 heterocycles. The van der Waals surface area contributed by atoms with Gasteiger partial charge in [-0.15, -0.1) is 0 Å². The zero-order chi connectivity index (χ0) is 21.3. The Kier molecular flexibility index (Phi) is 5.79. The van der Waals surface area contributed by atoms with Gasteiger partial charge in [-0.1, -0.05) is 77.8 Å². The molecule has 0 spiro atoms. The van der Waals surface area contributed by atoms with Gasteiger partial charge in [-0.2, -0.15) is 4.98 Å². The molecule has 30 heavy (non-hydrogen) atoms. The minimum atomic E-state index is 0.311. The number of aromatic nitrogens is 2. The molecule has 0 N–H and O–H groups in total. The predicted molar refractivity (Wildman–Crippen MR) is 127 cm³/mol. The molecule has 3 aromatic rings. The summed E-state index contributed by atoms with van der Waals surface area (Å²) in [6.07, 6.45) is 5.78. The molecular weight excluding hydrogens is 436 g/mol. The first-order valence-electron chi connectivity index (χ1n) is 10.5. The summed E-state index contributed by atoms with van der Waals surface area (Å²) in [5.74, 6) is 1.14. The van der Waals surface area contributed by atoms with Crippen molar-refractivity contribution in [2.75, 3.05) is 0 Å². The maximum Gasteiger partial charge on any atom is 0.258 e. The van der Waals surface area contributed by atoms with Gasteiger partial charge in [0.25, 0.3) is 5.89 Å². The molecule has 0 saturated heterocycles. The van der Waals surface area contributed by atoms with Gasteiger partial charge in [0.15, 0.2) is 0 Å². The van der Waals surface area contributed by atoms with Crippen molar-refractivity contribution in [2.24, 2.45) is 5.41 Å². The van der Waals surface area contributed by atoms with Crippen molar-refractivity contribution in [2.45, 2.75) is 47.0 Å². The second-order valence-corrected chi connectivity index (χ2v) is 9.48. The second kappa shape index (κ2) is 8.35. The van der Waals surface area contributed by atoms with Gasteiger partial charge in [0.1, 0.15) is 0 Å². The number of hydrogen-bond acceptors (Lipinski definition) is 3. The highest BCUT2D eigenvalue weighted by Gasteiger charge is 2.29. The van der Waals surface area contributed by atoms with Crippen LogP contribution in [0.3, 0.4) is 0 Å². The third-order valence-electron chi connectivity index (χ3n) is 6.15. The van der Waals surface area contributed by atoms with Crippen LogP contribution in [0.4, 0.5) is 0 Å². The highest BCUT2D eigenvalue weighted by molar-refractivity contribution is 9.10. The summed E-state index contributed by atoms with van der Waals surface area (Å²) >= 11 is 3.44. The molecule has 2 aromatic carbocycles. The minimum Gasteiger partial charge on any atom is -0.334 e. The summed E-state index contributed by atoms with van der Waals surface area (Å²) in [4.78, 5) is 4.56. The largest absolute Gasteiger partial charge is 0.334 e. The molecule has 0 atom stereocenters. The fourth-order valence-corrected chi connectivity index (χ4v) is 4.66. The van der Waals surface area contributed by atoms with Gasteiger partial charge < -0.3 is 4.52 Å². The monoisotopic (exact) mass is 462 g/mol. The molecule has 0 amide bonds. The summed E-state index contributed by atoms with van der Waals surface area (Å²) in [6, 6.07) is 16.3. The fourth-order valence-electron chi connectivity index (χ4n) is 4.39. The second-order valence-electron chi connectivity index (χ2n) is 8.56. The Morgan fingerprint density at radius 2 is 1.70 bits per heavy atom. The first kappa shape index (κ1) is 20.8. The van der Waals surface area contributed by atoms with Crippen molar-refractivity contribution in [3.05, 3.63) is 75.3 Å². The predicted octanol–water partition coefficient (Wildman–Crippen LogP) is 8.10. The Balaban J connectivity index is 1.57. The molecule has 0 saturated carbocycles. The number of halogens is 1. The van der Waals surface area contributed by atoms with Gasteiger partial charge >= 0.3 is 0 Å². The van der Waals surface area contributed by atoms with Crippen molar-refractivity contribution < 1.29 is 4.52 Å². The number of benzene rings is 2. The molecule has 0 fully saturated rings. The molecule has 0 aliphatic heterocycles. The van der Waals surface area contributed by atoms with E-state index in [9.17, 15) is 0 Å². The third kappa shape index (κ3) is 4.20. The first-order chi connectivity index (χ1) is 14.4. The highest BCUT2D eigenvalue weighted by atomic mass is 79.9. The molecule has 1 aromatic heterocycles. The zero-order valence-corrected chi connectivity index (χ0v) is 19.6. The van der Waals surface area contributed by atoms with Crippen LogP contribution in [-0.2, 0) is 0 Å². The molecule has 3 nitrogen and oxygen atoms in total. The van der Waals surface area contributed by atoms with E-state index in [1.807, 2.05) is 24.3 Å². The lowest BCUT2D eigenvalue weighted by molar-refractivity contribution is 0.381. The van der Waals surface area contributed by atoms with Gasteiger partial charge in [0.05, 0.1) is 0 Å². The van der Waals surface area contributed by atoms with Crippen LogP contribution >= 0.6 is 15.9 Å². The zero-order valence-electron chi connectivity index (χ0n) is 18.0. The average Bonchev–Trinajstić information content (AvgIpc) is 3.22. The number of rotatable bonds is 4. The standard InChI is InChI=1S/C26H27BrN2O/c1-5-23-17(2)21(14-15-26(23,3)4)16-18-6-8-19(9-7-18)24-28-25(30-29-24)20-10-12-22(27)13-11-20/h6-13,16H,5,14-15H2,1-4H3/b21-16+. The molecule has 1 aliphatic carbocycles. The van der Waals surface area contributed by atoms with Crippen LogP contribution in [0.25, 0.3) is 28.9 Å². The van der Waals surface area contributed by atoms with Crippen LogP contribution < -0.4 is 0 Å². The maximum atomic E-state index is 5.46. The van der Waals surface area contributed by atoms with Crippen LogP contribution in [0.15, 0.2) is 74.2 Å². The SMILES string of the molecule is CCC1=C(C)/C(=C/c2ccc(-c3noc(-c4ccc(Br)cc4)n3)cc2)CCC1(C)C.